The molecule has 1 aliphatic carbocycles. The fraction of sp³-hybridized carbons (Fsp3) is 0.333. The van der Waals surface area contributed by atoms with E-state index >= 15 is 0 Å². The van der Waals surface area contributed by atoms with E-state index in [9.17, 15) is 14.9 Å². The molecule has 0 atom stereocenters. The standard InChI is InChI=1S/C15H16N4O3/c20-15(10-4-1-2-5-10)16-14-9-13(17-18-14)11-6-3-7-12(8-11)19(21)22/h3,6-10H,1-2,4-5H2,(H2,16,17,18,20). The van der Waals surface area contributed by atoms with E-state index in [1.165, 1.54) is 12.1 Å². The second-order valence-electron chi connectivity index (χ2n) is 5.44. The highest BCUT2D eigenvalue weighted by molar-refractivity contribution is 5.92. The van der Waals surface area contributed by atoms with Crippen LogP contribution in [0.3, 0.4) is 0 Å². The summed E-state index contributed by atoms with van der Waals surface area (Å²) in [5, 5.41) is 20.4. The predicted molar refractivity (Wildman–Crippen MR) is 81.3 cm³/mol. The Labute approximate surface area is 126 Å². The van der Waals surface area contributed by atoms with E-state index in [-0.39, 0.29) is 17.5 Å². The smallest absolute Gasteiger partial charge is 0.270 e. The summed E-state index contributed by atoms with van der Waals surface area (Å²) in [7, 11) is 0. The van der Waals surface area contributed by atoms with E-state index in [0.717, 1.165) is 25.7 Å². The van der Waals surface area contributed by atoms with Gasteiger partial charge in [-0.3, -0.25) is 20.0 Å². The Balaban J connectivity index is 1.74. The van der Waals surface area contributed by atoms with Gasteiger partial charge in [-0.2, -0.15) is 5.10 Å². The summed E-state index contributed by atoms with van der Waals surface area (Å²) in [5.41, 5.74) is 1.30. The van der Waals surface area contributed by atoms with Crippen LogP contribution in [-0.4, -0.2) is 21.0 Å². The van der Waals surface area contributed by atoms with E-state index in [2.05, 4.69) is 15.5 Å². The molecule has 0 bridgehead atoms. The number of non-ortho nitro benzene ring substituents is 1. The molecule has 0 saturated heterocycles. The molecule has 7 heteroatoms. The van der Waals surface area contributed by atoms with Gasteiger partial charge in [-0.05, 0) is 12.8 Å². The van der Waals surface area contributed by atoms with Gasteiger partial charge in [0.1, 0.15) is 0 Å². The number of hydrogen-bond donors (Lipinski definition) is 2. The summed E-state index contributed by atoms with van der Waals surface area (Å²) < 4.78 is 0. The maximum atomic E-state index is 12.0. The van der Waals surface area contributed by atoms with E-state index in [4.69, 9.17) is 0 Å². The highest BCUT2D eigenvalue weighted by atomic mass is 16.6. The third-order valence-electron chi connectivity index (χ3n) is 3.92. The van der Waals surface area contributed by atoms with Crippen molar-refractivity contribution >= 4 is 17.4 Å². The Morgan fingerprint density at radius 2 is 2.09 bits per heavy atom. The molecule has 1 aromatic carbocycles. The van der Waals surface area contributed by atoms with Crippen molar-refractivity contribution in [3.05, 3.63) is 40.4 Å². The summed E-state index contributed by atoms with van der Waals surface area (Å²) in [6, 6.07) is 7.96. The molecule has 1 amide bonds. The largest absolute Gasteiger partial charge is 0.309 e. The molecular formula is C15H16N4O3. The van der Waals surface area contributed by atoms with E-state index < -0.39 is 4.92 Å². The Kier molecular flexibility index (Phi) is 3.86. The monoisotopic (exact) mass is 300 g/mol. The van der Waals surface area contributed by atoms with E-state index in [1.807, 2.05) is 0 Å². The maximum Gasteiger partial charge on any atom is 0.270 e. The van der Waals surface area contributed by atoms with Crippen molar-refractivity contribution in [2.75, 3.05) is 5.32 Å². The van der Waals surface area contributed by atoms with Gasteiger partial charge in [-0.1, -0.05) is 25.0 Å². The highest BCUT2D eigenvalue weighted by Crippen LogP contribution is 2.27. The van der Waals surface area contributed by atoms with Crippen LogP contribution in [0.1, 0.15) is 25.7 Å². The number of rotatable bonds is 4. The van der Waals surface area contributed by atoms with Crippen LogP contribution in [0.25, 0.3) is 11.3 Å². The first kappa shape index (κ1) is 14.2. The summed E-state index contributed by atoms with van der Waals surface area (Å²) >= 11 is 0. The molecule has 7 nitrogen and oxygen atoms in total. The number of anilines is 1. The van der Waals surface area contributed by atoms with Crippen LogP contribution in [0.5, 0.6) is 0 Å². The van der Waals surface area contributed by atoms with Gasteiger partial charge in [-0.25, -0.2) is 0 Å². The summed E-state index contributed by atoms with van der Waals surface area (Å²) in [4.78, 5) is 22.4. The minimum atomic E-state index is -0.442. The molecule has 0 unspecified atom stereocenters. The van der Waals surface area contributed by atoms with Gasteiger partial charge in [0.05, 0.1) is 10.6 Å². The molecular weight excluding hydrogens is 284 g/mol. The lowest BCUT2D eigenvalue weighted by molar-refractivity contribution is -0.384. The number of nitro benzene ring substituents is 1. The molecule has 114 valence electrons. The number of aromatic nitrogens is 2. The normalized spacial score (nSPS) is 14.9. The predicted octanol–water partition coefficient (Wildman–Crippen LogP) is 3.11. The number of carbonyl (C=O) groups is 1. The first-order chi connectivity index (χ1) is 10.6. The van der Waals surface area contributed by atoms with Crippen LogP contribution >= 0.6 is 0 Å². The van der Waals surface area contributed by atoms with Gasteiger partial charge < -0.3 is 5.32 Å². The van der Waals surface area contributed by atoms with E-state index in [0.29, 0.717) is 17.1 Å². The third kappa shape index (κ3) is 2.98. The zero-order chi connectivity index (χ0) is 15.5. The minimum Gasteiger partial charge on any atom is -0.309 e. The molecule has 2 N–H and O–H groups in total. The number of nitro groups is 1. The lowest BCUT2D eigenvalue weighted by atomic mass is 10.1. The van der Waals surface area contributed by atoms with Crippen molar-refractivity contribution in [1.82, 2.24) is 10.2 Å². The quantitative estimate of drug-likeness (QED) is 0.669. The molecule has 0 spiro atoms. The van der Waals surface area contributed by atoms with Gasteiger partial charge in [-0.15, -0.1) is 0 Å². The molecule has 22 heavy (non-hydrogen) atoms. The summed E-state index contributed by atoms with van der Waals surface area (Å²) in [5.74, 6) is 0.506. The average molecular weight is 300 g/mol. The van der Waals surface area contributed by atoms with Crippen molar-refractivity contribution in [2.24, 2.45) is 5.92 Å². The van der Waals surface area contributed by atoms with Gasteiger partial charge in [0.2, 0.25) is 5.91 Å². The zero-order valence-electron chi connectivity index (χ0n) is 11.9. The van der Waals surface area contributed by atoms with Crippen molar-refractivity contribution < 1.29 is 9.72 Å². The second-order valence-corrected chi connectivity index (χ2v) is 5.44. The van der Waals surface area contributed by atoms with Crippen LogP contribution in [0.4, 0.5) is 11.5 Å². The number of amides is 1. The Morgan fingerprint density at radius 1 is 1.32 bits per heavy atom. The van der Waals surface area contributed by atoms with E-state index in [1.54, 1.807) is 18.2 Å². The number of nitrogens with one attached hydrogen (secondary N) is 2. The minimum absolute atomic E-state index is 0.00501. The molecule has 1 fully saturated rings. The molecule has 1 saturated carbocycles. The van der Waals surface area contributed by atoms with Crippen LogP contribution in [0, 0.1) is 16.0 Å². The number of nitrogens with zero attached hydrogens (tertiary/aromatic N) is 2. The molecule has 3 rings (SSSR count). The first-order valence-electron chi connectivity index (χ1n) is 7.24. The van der Waals surface area contributed by atoms with Crippen LogP contribution in [0.15, 0.2) is 30.3 Å². The van der Waals surface area contributed by atoms with Gasteiger partial charge in [0, 0.05) is 29.7 Å². The number of H-pyrrole nitrogens is 1. The fourth-order valence-electron chi connectivity index (χ4n) is 2.74. The van der Waals surface area contributed by atoms with Crippen molar-refractivity contribution in [3.63, 3.8) is 0 Å². The molecule has 0 radical (unpaired) electrons. The molecule has 0 aliphatic heterocycles. The van der Waals surface area contributed by atoms with Crippen LogP contribution < -0.4 is 5.32 Å². The van der Waals surface area contributed by atoms with Crippen molar-refractivity contribution in [3.8, 4) is 11.3 Å². The maximum absolute atomic E-state index is 12.0. The number of aromatic amines is 1. The summed E-state index contributed by atoms with van der Waals surface area (Å²) in [6.07, 6.45) is 4.04. The van der Waals surface area contributed by atoms with Gasteiger partial charge in [0.15, 0.2) is 5.82 Å². The molecule has 1 aliphatic rings. The van der Waals surface area contributed by atoms with Gasteiger partial charge >= 0.3 is 0 Å². The SMILES string of the molecule is O=C(Nc1cc(-c2cccc([N+](=O)[O-])c2)[nH]n1)C1CCCC1. The highest BCUT2D eigenvalue weighted by Gasteiger charge is 2.23. The first-order valence-corrected chi connectivity index (χ1v) is 7.24. The lowest BCUT2D eigenvalue weighted by Gasteiger charge is -2.07. The van der Waals surface area contributed by atoms with Crippen LogP contribution in [-0.2, 0) is 4.79 Å². The Morgan fingerprint density at radius 3 is 2.82 bits per heavy atom. The number of benzene rings is 1. The third-order valence-corrected chi connectivity index (χ3v) is 3.92. The molecule has 1 aromatic heterocycles. The zero-order valence-corrected chi connectivity index (χ0v) is 11.9. The van der Waals surface area contributed by atoms with Crippen molar-refractivity contribution in [1.29, 1.82) is 0 Å². The Hall–Kier alpha value is -2.70. The average Bonchev–Trinajstić information content (AvgIpc) is 3.19. The summed E-state index contributed by atoms with van der Waals surface area (Å²) in [6.45, 7) is 0. The fourth-order valence-corrected chi connectivity index (χ4v) is 2.74. The molecule has 2 aromatic rings. The topological polar surface area (TPSA) is 101 Å². The number of hydrogen-bond acceptors (Lipinski definition) is 4. The lowest BCUT2D eigenvalue weighted by Crippen LogP contribution is -2.20. The van der Waals surface area contributed by atoms with Crippen LogP contribution in [0.2, 0.25) is 0 Å². The van der Waals surface area contributed by atoms with Gasteiger partial charge in [0.25, 0.3) is 5.69 Å². The van der Waals surface area contributed by atoms with Crippen molar-refractivity contribution in [2.45, 2.75) is 25.7 Å². The Bertz CT molecular complexity index is 704. The molecule has 1 heterocycles. The second kappa shape index (κ2) is 5.97. The number of carbonyl (C=O) groups excluding carboxylic acids is 1.